The summed E-state index contributed by atoms with van der Waals surface area (Å²) in [6, 6.07) is 1.96. The molecule has 0 aromatic carbocycles. The van der Waals surface area contributed by atoms with Gasteiger partial charge in [-0.15, -0.1) is 0 Å². The summed E-state index contributed by atoms with van der Waals surface area (Å²) in [5.74, 6) is 0. The van der Waals surface area contributed by atoms with E-state index in [0.29, 0.717) is 32.8 Å². The first-order valence-corrected chi connectivity index (χ1v) is 9.38. The number of pyridine rings is 1. The molecule has 1 aliphatic heterocycles. The number of aliphatic hydroxyl groups is 1. The third-order valence-electron chi connectivity index (χ3n) is 5.07. The number of piperazine rings is 1. The molecule has 3 aromatic heterocycles. The van der Waals surface area contributed by atoms with Gasteiger partial charge in [-0.05, 0) is 13.0 Å². The van der Waals surface area contributed by atoms with Crippen LogP contribution in [-0.2, 0) is 18.4 Å². The minimum Gasteiger partial charge on any atom is -0.450 e. The molecule has 28 heavy (non-hydrogen) atoms. The Morgan fingerprint density at radius 2 is 2.11 bits per heavy atom. The average molecular weight is 384 g/mol. The summed E-state index contributed by atoms with van der Waals surface area (Å²) in [6.45, 7) is 4.65. The minimum absolute atomic E-state index is 0.105. The lowest BCUT2D eigenvalue weighted by Crippen LogP contribution is -2.49. The lowest BCUT2D eigenvalue weighted by molar-refractivity contribution is 0.105. The van der Waals surface area contributed by atoms with Crippen molar-refractivity contribution < 1.29 is 14.6 Å². The minimum atomic E-state index is -0.265. The third-order valence-corrected chi connectivity index (χ3v) is 5.07. The maximum Gasteiger partial charge on any atom is 0.409 e. The number of nitrogens with zero attached hydrogens (tertiary/aromatic N) is 5. The molecule has 0 spiro atoms. The zero-order valence-electron chi connectivity index (χ0n) is 16.1. The van der Waals surface area contributed by atoms with Crippen molar-refractivity contribution >= 4 is 22.8 Å². The van der Waals surface area contributed by atoms with Crippen molar-refractivity contribution in [2.45, 2.75) is 13.5 Å². The Kier molecular flexibility index (Phi) is 4.91. The molecule has 2 N–H and O–H groups in total. The molecule has 1 fully saturated rings. The van der Waals surface area contributed by atoms with Crippen molar-refractivity contribution in [2.75, 3.05) is 37.7 Å². The van der Waals surface area contributed by atoms with E-state index in [9.17, 15) is 9.90 Å². The van der Waals surface area contributed by atoms with Crippen molar-refractivity contribution in [3.05, 3.63) is 30.2 Å². The Balaban J connectivity index is 1.67. The van der Waals surface area contributed by atoms with E-state index in [2.05, 4.69) is 20.0 Å². The van der Waals surface area contributed by atoms with Gasteiger partial charge in [0.1, 0.15) is 5.65 Å². The maximum absolute atomic E-state index is 11.9. The highest BCUT2D eigenvalue weighted by Crippen LogP contribution is 2.35. The number of rotatable bonds is 4. The van der Waals surface area contributed by atoms with Gasteiger partial charge in [-0.2, -0.15) is 5.10 Å². The van der Waals surface area contributed by atoms with E-state index in [0.717, 1.165) is 33.5 Å². The third kappa shape index (κ3) is 3.18. The Morgan fingerprint density at radius 1 is 1.32 bits per heavy atom. The van der Waals surface area contributed by atoms with Crippen LogP contribution < -0.4 is 4.90 Å². The number of nitrogens with one attached hydrogen (secondary N) is 1. The number of H-pyrrole nitrogens is 1. The van der Waals surface area contributed by atoms with Gasteiger partial charge < -0.3 is 24.6 Å². The normalized spacial score (nSPS) is 14.7. The molecular weight excluding hydrogens is 360 g/mol. The maximum atomic E-state index is 11.9. The zero-order chi connectivity index (χ0) is 19.7. The molecule has 4 heterocycles. The summed E-state index contributed by atoms with van der Waals surface area (Å²) in [5.41, 5.74) is 4.27. The van der Waals surface area contributed by atoms with Gasteiger partial charge in [0.25, 0.3) is 0 Å². The van der Waals surface area contributed by atoms with Crippen molar-refractivity contribution in [3.8, 4) is 11.3 Å². The number of hydrogen-bond acceptors (Lipinski definition) is 6. The number of carbonyl (C=O) groups excluding carboxylic acids is 1. The monoisotopic (exact) mass is 384 g/mol. The molecule has 9 nitrogen and oxygen atoms in total. The van der Waals surface area contributed by atoms with E-state index < -0.39 is 0 Å². The number of aryl methyl sites for hydroxylation is 1. The molecule has 4 rings (SSSR count). The Hall–Kier alpha value is -3.07. The number of aliphatic hydroxyl groups excluding tert-OH is 1. The molecular formula is C19H24N6O3. The number of aromatic amines is 1. The fraction of sp³-hybridized carbons (Fsp3) is 0.421. The molecule has 0 atom stereocenters. The van der Waals surface area contributed by atoms with Crippen LogP contribution in [0.25, 0.3) is 22.3 Å². The highest BCUT2D eigenvalue weighted by atomic mass is 16.6. The summed E-state index contributed by atoms with van der Waals surface area (Å²) in [4.78, 5) is 23.7. The van der Waals surface area contributed by atoms with E-state index in [1.54, 1.807) is 22.0 Å². The predicted molar refractivity (Wildman–Crippen MR) is 105 cm³/mol. The van der Waals surface area contributed by atoms with Gasteiger partial charge in [-0.3, -0.25) is 4.68 Å². The SMILES string of the molecule is CCOC(=O)N1CCN(c2ccnc3[nH]c(-c4cnn(C)c4)c(CO)c23)CC1. The standard InChI is InChI=1S/C19H24N6O3/c1-3-28-19(27)25-8-6-24(7-9-25)15-4-5-20-18-16(15)14(12-26)17(22-18)13-10-21-23(2)11-13/h4-5,10-11,26H,3,6-9,12H2,1-2H3,(H,20,22). The molecule has 1 aliphatic rings. The largest absolute Gasteiger partial charge is 0.450 e. The number of carbonyl (C=O) groups is 1. The topological polar surface area (TPSA) is 99.5 Å². The first kappa shape index (κ1) is 18.3. The number of aromatic nitrogens is 4. The smallest absolute Gasteiger partial charge is 0.409 e. The molecule has 0 aliphatic carbocycles. The summed E-state index contributed by atoms with van der Waals surface area (Å²) in [6.07, 6.45) is 5.17. The predicted octanol–water partition coefficient (Wildman–Crippen LogP) is 1.73. The second kappa shape index (κ2) is 7.51. The first-order valence-electron chi connectivity index (χ1n) is 9.38. The van der Waals surface area contributed by atoms with Crippen LogP contribution in [0, 0.1) is 0 Å². The van der Waals surface area contributed by atoms with Gasteiger partial charge in [0.2, 0.25) is 0 Å². The molecule has 3 aromatic rings. The van der Waals surface area contributed by atoms with Crippen LogP contribution in [-0.4, -0.2) is 68.6 Å². The second-order valence-corrected chi connectivity index (χ2v) is 6.77. The number of hydrogen-bond donors (Lipinski definition) is 2. The van der Waals surface area contributed by atoms with Gasteiger partial charge in [0.05, 0.1) is 25.1 Å². The lowest BCUT2D eigenvalue weighted by Gasteiger charge is -2.35. The summed E-state index contributed by atoms with van der Waals surface area (Å²) in [5, 5.41) is 15.2. The van der Waals surface area contributed by atoms with Crippen LogP contribution in [0.15, 0.2) is 24.7 Å². The summed E-state index contributed by atoms with van der Waals surface area (Å²) in [7, 11) is 1.86. The fourth-order valence-corrected chi connectivity index (χ4v) is 3.73. The molecule has 0 bridgehead atoms. The molecule has 1 saturated heterocycles. The Bertz CT molecular complexity index is 987. The highest BCUT2D eigenvalue weighted by molar-refractivity contribution is 5.97. The number of anilines is 1. The van der Waals surface area contributed by atoms with Crippen LogP contribution >= 0.6 is 0 Å². The quantitative estimate of drug-likeness (QED) is 0.711. The molecule has 148 valence electrons. The van der Waals surface area contributed by atoms with E-state index in [-0.39, 0.29) is 12.7 Å². The highest BCUT2D eigenvalue weighted by Gasteiger charge is 2.25. The number of ether oxygens (including phenoxy) is 1. The van der Waals surface area contributed by atoms with Gasteiger partial charge in [-0.1, -0.05) is 0 Å². The van der Waals surface area contributed by atoms with E-state index in [4.69, 9.17) is 4.74 Å². The molecule has 0 unspecified atom stereocenters. The first-order chi connectivity index (χ1) is 13.6. The molecule has 0 saturated carbocycles. The molecule has 0 radical (unpaired) electrons. The zero-order valence-corrected chi connectivity index (χ0v) is 16.1. The van der Waals surface area contributed by atoms with Crippen molar-refractivity contribution in [1.29, 1.82) is 0 Å². The van der Waals surface area contributed by atoms with Crippen LogP contribution in [0.5, 0.6) is 0 Å². The Labute approximate surface area is 162 Å². The van der Waals surface area contributed by atoms with E-state index >= 15 is 0 Å². The van der Waals surface area contributed by atoms with Crippen LogP contribution in [0.3, 0.4) is 0 Å². The van der Waals surface area contributed by atoms with Gasteiger partial charge >= 0.3 is 6.09 Å². The van der Waals surface area contributed by atoms with Crippen molar-refractivity contribution in [1.82, 2.24) is 24.6 Å². The van der Waals surface area contributed by atoms with Gasteiger partial charge in [0, 0.05) is 67.8 Å². The van der Waals surface area contributed by atoms with E-state index in [1.807, 2.05) is 26.2 Å². The van der Waals surface area contributed by atoms with Crippen LogP contribution in [0.4, 0.5) is 10.5 Å². The number of fused-ring (bicyclic) bond motifs is 1. The summed E-state index contributed by atoms with van der Waals surface area (Å²) < 4.78 is 6.82. The second-order valence-electron chi connectivity index (χ2n) is 6.77. The van der Waals surface area contributed by atoms with Crippen LogP contribution in [0.1, 0.15) is 12.5 Å². The molecule has 1 amide bonds. The average Bonchev–Trinajstić information content (AvgIpc) is 3.31. The lowest BCUT2D eigenvalue weighted by atomic mass is 10.1. The van der Waals surface area contributed by atoms with Crippen LogP contribution in [0.2, 0.25) is 0 Å². The number of amides is 1. The van der Waals surface area contributed by atoms with Gasteiger partial charge in [0.15, 0.2) is 0 Å². The Morgan fingerprint density at radius 3 is 2.75 bits per heavy atom. The van der Waals surface area contributed by atoms with Crippen molar-refractivity contribution in [3.63, 3.8) is 0 Å². The fourth-order valence-electron chi connectivity index (χ4n) is 3.73. The van der Waals surface area contributed by atoms with E-state index in [1.165, 1.54) is 0 Å². The van der Waals surface area contributed by atoms with Gasteiger partial charge in [-0.25, -0.2) is 9.78 Å². The summed E-state index contributed by atoms with van der Waals surface area (Å²) >= 11 is 0. The van der Waals surface area contributed by atoms with Crippen molar-refractivity contribution in [2.24, 2.45) is 7.05 Å². The molecule has 9 heteroatoms.